The molecule has 5 rings (SSSR count). The summed E-state index contributed by atoms with van der Waals surface area (Å²) < 4.78 is 0. The van der Waals surface area contributed by atoms with E-state index in [1.54, 1.807) is 41.8 Å². The molecule has 0 saturated carbocycles. The molecule has 178 valence electrons. The third-order valence-electron chi connectivity index (χ3n) is 5.74. The molecule has 1 aliphatic rings. The lowest BCUT2D eigenvalue weighted by Gasteiger charge is -2.16. The second kappa shape index (κ2) is 10.2. The standard InChI is InChI=1S/C26H22N8OS/c27-16-32-26(33-19-7-10-29-11-8-19)31-15-20-14-30-24(36-20)25(35)34-12-9-22-21(5-2-6-23(22)34)17-3-1-4-18(28)13-17/h1-8,10-11,13-14H,9,12,15,28H2,(H2,29,31,32,33). The van der Waals surface area contributed by atoms with Crippen molar-refractivity contribution in [3.05, 3.63) is 88.6 Å². The molecule has 0 saturated heterocycles. The number of carbonyl (C=O) groups is 1. The highest BCUT2D eigenvalue weighted by atomic mass is 32.1. The van der Waals surface area contributed by atoms with Gasteiger partial charge >= 0.3 is 0 Å². The van der Waals surface area contributed by atoms with Crippen LogP contribution >= 0.6 is 11.3 Å². The molecule has 36 heavy (non-hydrogen) atoms. The molecule has 4 N–H and O–H groups in total. The molecule has 0 aliphatic carbocycles. The number of carbonyl (C=O) groups excluding carboxylic acids is 1. The summed E-state index contributed by atoms with van der Waals surface area (Å²) in [5.74, 6) is 0.170. The highest BCUT2D eigenvalue weighted by molar-refractivity contribution is 7.13. The highest BCUT2D eigenvalue weighted by Gasteiger charge is 2.29. The van der Waals surface area contributed by atoms with E-state index in [9.17, 15) is 4.79 Å². The van der Waals surface area contributed by atoms with Crippen molar-refractivity contribution in [2.75, 3.05) is 22.5 Å². The van der Waals surface area contributed by atoms with Gasteiger partial charge in [0.15, 0.2) is 5.01 Å². The smallest absolute Gasteiger partial charge is 0.287 e. The van der Waals surface area contributed by atoms with Crippen LogP contribution in [0.2, 0.25) is 0 Å². The second-order valence-corrected chi connectivity index (χ2v) is 9.16. The van der Waals surface area contributed by atoms with Crippen LogP contribution in [-0.4, -0.2) is 28.4 Å². The molecule has 9 nitrogen and oxygen atoms in total. The largest absolute Gasteiger partial charge is 0.399 e. The third kappa shape index (κ3) is 4.87. The normalized spacial score (nSPS) is 12.6. The lowest BCUT2D eigenvalue weighted by atomic mass is 9.97. The zero-order valence-electron chi connectivity index (χ0n) is 19.2. The number of nitrogens with one attached hydrogen (secondary N) is 2. The van der Waals surface area contributed by atoms with Gasteiger partial charge in [-0.1, -0.05) is 24.3 Å². The number of amides is 1. The predicted molar refractivity (Wildman–Crippen MR) is 142 cm³/mol. The van der Waals surface area contributed by atoms with Crippen molar-refractivity contribution in [3.8, 4) is 17.3 Å². The van der Waals surface area contributed by atoms with Gasteiger partial charge in [0.05, 0.1) is 6.54 Å². The number of guanidine groups is 1. The number of nitriles is 1. The second-order valence-electron chi connectivity index (χ2n) is 8.04. The summed E-state index contributed by atoms with van der Waals surface area (Å²) in [4.78, 5) is 28.1. The van der Waals surface area contributed by atoms with Gasteiger partial charge in [-0.05, 0) is 53.4 Å². The van der Waals surface area contributed by atoms with Crippen LogP contribution in [0.4, 0.5) is 17.1 Å². The van der Waals surface area contributed by atoms with E-state index in [1.807, 2.05) is 36.4 Å². The van der Waals surface area contributed by atoms with Gasteiger partial charge in [0, 0.05) is 47.1 Å². The molecule has 3 heterocycles. The molecule has 0 radical (unpaired) electrons. The van der Waals surface area contributed by atoms with Crippen molar-refractivity contribution in [2.24, 2.45) is 4.99 Å². The van der Waals surface area contributed by atoms with Crippen LogP contribution in [-0.2, 0) is 13.0 Å². The fourth-order valence-corrected chi connectivity index (χ4v) is 4.93. The van der Waals surface area contributed by atoms with Crippen LogP contribution in [0.3, 0.4) is 0 Å². The van der Waals surface area contributed by atoms with Crippen molar-refractivity contribution >= 4 is 40.3 Å². The summed E-state index contributed by atoms with van der Waals surface area (Å²) in [6, 6.07) is 17.3. The van der Waals surface area contributed by atoms with Crippen molar-refractivity contribution in [1.82, 2.24) is 15.3 Å². The van der Waals surface area contributed by atoms with E-state index in [-0.39, 0.29) is 5.91 Å². The fourth-order valence-electron chi connectivity index (χ4n) is 4.13. The van der Waals surface area contributed by atoms with Gasteiger partial charge in [-0.15, -0.1) is 16.3 Å². The van der Waals surface area contributed by atoms with E-state index in [4.69, 9.17) is 11.0 Å². The Morgan fingerprint density at radius 2 is 2.03 bits per heavy atom. The van der Waals surface area contributed by atoms with Gasteiger partial charge in [0.1, 0.15) is 0 Å². The van der Waals surface area contributed by atoms with Gasteiger partial charge in [0.2, 0.25) is 12.2 Å². The first-order chi connectivity index (χ1) is 17.6. The fraction of sp³-hybridized carbons (Fsp3) is 0.115. The van der Waals surface area contributed by atoms with Crippen LogP contribution in [0.1, 0.15) is 20.2 Å². The number of thiazole rings is 1. The first-order valence-electron chi connectivity index (χ1n) is 11.2. The van der Waals surface area contributed by atoms with Crippen LogP contribution < -0.4 is 21.3 Å². The van der Waals surface area contributed by atoms with E-state index in [2.05, 4.69) is 31.7 Å². The maximum absolute atomic E-state index is 13.4. The van der Waals surface area contributed by atoms with E-state index in [0.717, 1.165) is 39.4 Å². The lowest BCUT2D eigenvalue weighted by molar-refractivity contribution is 0.0989. The third-order valence-corrected chi connectivity index (χ3v) is 6.73. The molecule has 0 atom stereocenters. The maximum Gasteiger partial charge on any atom is 0.287 e. The summed E-state index contributed by atoms with van der Waals surface area (Å²) in [5, 5.41) is 15.5. The van der Waals surface area contributed by atoms with Gasteiger partial charge < -0.3 is 21.3 Å². The predicted octanol–water partition coefficient (Wildman–Crippen LogP) is 4.03. The van der Waals surface area contributed by atoms with Crippen molar-refractivity contribution in [2.45, 2.75) is 13.0 Å². The van der Waals surface area contributed by atoms with Crippen LogP contribution in [0.15, 0.2) is 78.2 Å². The number of pyridine rings is 1. The molecule has 0 unspecified atom stereocenters. The van der Waals surface area contributed by atoms with Crippen molar-refractivity contribution < 1.29 is 4.79 Å². The topological polar surface area (TPSA) is 132 Å². The minimum absolute atomic E-state index is 0.129. The molecular formula is C26H22N8OS. The zero-order chi connectivity index (χ0) is 24.9. The molecule has 0 bridgehead atoms. The number of aliphatic imine (C=N–C) groups is 1. The number of benzene rings is 2. The number of anilines is 3. The SMILES string of the molecule is N#C/N=C(\NCc1cnc(C(=O)N2CCc3c(-c4cccc(N)c4)cccc32)s1)Nc1ccncc1. The molecule has 2 aromatic carbocycles. The number of fused-ring (bicyclic) bond motifs is 1. The quantitative estimate of drug-likeness (QED) is 0.165. The van der Waals surface area contributed by atoms with Crippen LogP contribution in [0.5, 0.6) is 0 Å². The molecule has 2 aromatic heterocycles. The summed E-state index contributed by atoms with van der Waals surface area (Å²) >= 11 is 1.31. The molecule has 1 amide bonds. The Hall–Kier alpha value is -4.75. The number of nitrogen functional groups attached to an aromatic ring is 1. The van der Waals surface area contributed by atoms with E-state index < -0.39 is 0 Å². The Morgan fingerprint density at radius 1 is 1.19 bits per heavy atom. The minimum atomic E-state index is -0.129. The van der Waals surface area contributed by atoms with Crippen molar-refractivity contribution in [1.29, 1.82) is 5.26 Å². The minimum Gasteiger partial charge on any atom is -0.399 e. The van der Waals surface area contributed by atoms with Gasteiger partial charge in [-0.3, -0.25) is 9.78 Å². The Morgan fingerprint density at radius 3 is 2.83 bits per heavy atom. The molecule has 0 spiro atoms. The maximum atomic E-state index is 13.4. The molecule has 4 aromatic rings. The van der Waals surface area contributed by atoms with E-state index in [0.29, 0.717) is 29.7 Å². The Bertz CT molecular complexity index is 1470. The molecule has 10 heteroatoms. The first-order valence-corrected chi connectivity index (χ1v) is 12.1. The molecular weight excluding hydrogens is 472 g/mol. The van der Waals surface area contributed by atoms with Crippen molar-refractivity contribution in [3.63, 3.8) is 0 Å². The van der Waals surface area contributed by atoms with Gasteiger partial charge in [0.25, 0.3) is 5.91 Å². The molecule has 1 aliphatic heterocycles. The Labute approximate surface area is 212 Å². The number of nitrogens with two attached hydrogens (primary N) is 1. The van der Waals surface area contributed by atoms with E-state index >= 15 is 0 Å². The average Bonchev–Trinajstić information content (AvgIpc) is 3.55. The Balaban J connectivity index is 1.29. The summed E-state index contributed by atoms with van der Waals surface area (Å²) in [6.07, 6.45) is 7.50. The zero-order valence-corrected chi connectivity index (χ0v) is 20.0. The van der Waals surface area contributed by atoms with Gasteiger partial charge in [-0.2, -0.15) is 5.26 Å². The summed E-state index contributed by atoms with van der Waals surface area (Å²) in [5.41, 5.74) is 11.6. The monoisotopic (exact) mass is 494 g/mol. The van der Waals surface area contributed by atoms with E-state index in [1.165, 1.54) is 11.3 Å². The summed E-state index contributed by atoms with van der Waals surface area (Å²) in [7, 11) is 0. The lowest BCUT2D eigenvalue weighted by Crippen LogP contribution is -2.29. The molecule has 0 fully saturated rings. The number of aromatic nitrogens is 2. The summed E-state index contributed by atoms with van der Waals surface area (Å²) in [6.45, 7) is 0.954. The Kier molecular flexibility index (Phi) is 6.55. The average molecular weight is 495 g/mol. The number of hydrogen-bond acceptors (Lipinski definition) is 7. The first kappa shape index (κ1) is 23.0. The number of nitrogens with zero attached hydrogens (tertiary/aromatic N) is 5. The van der Waals surface area contributed by atoms with Crippen LogP contribution in [0.25, 0.3) is 11.1 Å². The number of hydrogen-bond donors (Lipinski definition) is 3. The van der Waals surface area contributed by atoms with Crippen LogP contribution in [0, 0.1) is 11.5 Å². The highest BCUT2D eigenvalue weighted by Crippen LogP contribution is 2.37. The number of rotatable bonds is 5. The van der Waals surface area contributed by atoms with Gasteiger partial charge in [-0.25, -0.2) is 4.98 Å².